The maximum Gasteiger partial charge on any atom is 0.337 e. The lowest BCUT2D eigenvalue weighted by Gasteiger charge is -2.02. The van der Waals surface area contributed by atoms with Crippen LogP contribution in [0.4, 0.5) is 11.6 Å². The van der Waals surface area contributed by atoms with Crippen molar-refractivity contribution in [3.8, 4) is 0 Å². The zero-order valence-electron chi connectivity index (χ0n) is 16.0. The van der Waals surface area contributed by atoms with Crippen LogP contribution < -0.4 is 22.9 Å². The Hall–Kier alpha value is -3.40. The number of unbranched alkanes of at least 4 members (excludes halogenated alkanes) is 1. The van der Waals surface area contributed by atoms with Crippen molar-refractivity contribution in [1.29, 1.82) is 0 Å². The molecule has 1 aromatic heterocycles. The third kappa shape index (κ3) is 8.43. The average Bonchev–Trinajstić information content (AvgIpc) is 2.70. The summed E-state index contributed by atoms with van der Waals surface area (Å²) in [5.41, 5.74) is 22.7. The molecule has 11 heteroatoms. The molecule has 0 amide bonds. The third-order valence-corrected chi connectivity index (χ3v) is 3.87. The highest BCUT2D eigenvalue weighted by Crippen LogP contribution is 2.15. The number of aliphatic imine (C=N–C) groups is 1. The summed E-state index contributed by atoms with van der Waals surface area (Å²) < 4.78 is 4.63. The molecular weight excluding hydrogens is 398 g/mol. The topological polar surface area (TPSA) is 186 Å². The van der Waals surface area contributed by atoms with Gasteiger partial charge in [-0.05, 0) is 37.0 Å². The van der Waals surface area contributed by atoms with Crippen LogP contribution in [0.3, 0.4) is 0 Å². The van der Waals surface area contributed by atoms with Crippen molar-refractivity contribution in [2.45, 2.75) is 19.3 Å². The number of rotatable bonds is 7. The molecule has 0 aliphatic heterocycles. The Kier molecular flexibility index (Phi) is 9.89. The van der Waals surface area contributed by atoms with Gasteiger partial charge in [0.05, 0.1) is 12.7 Å². The van der Waals surface area contributed by atoms with Gasteiger partial charge in [-0.3, -0.25) is 9.79 Å². The average molecular weight is 422 g/mol. The van der Waals surface area contributed by atoms with Gasteiger partial charge in [0, 0.05) is 6.54 Å². The lowest BCUT2D eigenvalue weighted by Crippen LogP contribution is -2.22. The second-order valence-electron chi connectivity index (χ2n) is 5.74. The standard InChI is InChI=1S/C13H19N3O2.C5H5ClN4O/c1-18-12(17)11-7-5-10(6-8-11)4-2-3-9-16-13(14)15;6-3-5(8)10-4(7)2(1-11)9-3/h5-8H,2-4,9H2,1H3,(H4,14,15,16);1H,(H4,7,8,10). The molecule has 0 fully saturated rings. The molecule has 0 saturated carbocycles. The van der Waals surface area contributed by atoms with E-state index in [1.165, 1.54) is 12.7 Å². The monoisotopic (exact) mass is 421 g/mol. The van der Waals surface area contributed by atoms with Crippen molar-refractivity contribution >= 4 is 41.5 Å². The van der Waals surface area contributed by atoms with Gasteiger partial charge >= 0.3 is 5.97 Å². The van der Waals surface area contributed by atoms with Crippen LogP contribution in [0.25, 0.3) is 0 Å². The molecule has 1 heterocycles. The lowest BCUT2D eigenvalue weighted by atomic mass is 10.1. The Morgan fingerprint density at radius 2 is 1.79 bits per heavy atom. The third-order valence-electron chi connectivity index (χ3n) is 3.59. The minimum Gasteiger partial charge on any atom is -0.465 e. The van der Waals surface area contributed by atoms with Crippen LogP contribution in [-0.2, 0) is 11.2 Å². The number of carbonyl (C=O) groups excluding carboxylic acids is 2. The second-order valence-corrected chi connectivity index (χ2v) is 6.10. The number of anilines is 2. The number of nitrogens with zero attached hydrogens (tertiary/aromatic N) is 3. The predicted octanol–water partition coefficient (Wildman–Crippen LogP) is 1.18. The number of guanidine groups is 1. The first-order chi connectivity index (χ1) is 13.8. The zero-order chi connectivity index (χ0) is 21.8. The van der Waals surface area contributed by atoms with Crippen LogP contribution >= 0.6 is 11.6 Å². The molecule has 0 aliphatic carbocycles. The van der Waals surface area contributed by atoms with E-state index in [1.807, 2.05) is 12.1 Å². The Morgan fingerprint density at radius 3 is 2.34 bits per heavy atom. The first kappa shape index (κ1) is 23.6. The fraction of sp³-hybridized carbons (Fsp3) is 0.278. The van der Waals surface area contributed by atoms with Gasteiger partial charge in [-0.15, -0.1) is 0 Å². The minimum absolute atomic E-state index is 0.00389. The molecule has 8 N–H and O–H groups in total. The fourth-order valence-corrected chi connectivity index (χ4v) is 2.25. The van der Waals surface area contributed by atoms with Crippen LogP contribution in [0.2, 0.25) is 5.15 Å². The molecule has 2 rings (SSSR count). The van der Waals surface area contributed by atoms with E-state index in [1.54, 1.807) is 12.1 Å². The Morgan fingerprint density at radius 1 is 1.14 bits per heavy atom. The van der Waals surface area contributed by atoms with Crippen molar-refractivity contribution in [3.63, 3.8) is 0 Å². The molecule has 0 unspecified atom stereocenters. The molecule has 0 saturated heterocycles. The highest BCUT2D eigenvalue weighted by Gasteiger charge is 2.06. The summed E-state index contributed by atoms with van der Waals surface area (Å²) in [7, 11) is 1.37. The molecule has 0 radical (unpaired) electrons. The SMILES string of the molecule is COC(=O)c1ccc(CCCCN=C(N)N)cc1.Nc1nc(N)c(C=O)nc1Cl. The summed E-state index contributed by atoms with van der Waals surface area (Å²) in [6.07, 6.45) is 3.36. The number of ether oxygens (including phenoxy) is 1. The molecule has 0 spiro atoms. The molecule has 0 bridgehead atoms. The number of methoxy groups -OCH3 is 1. The van der Waals surface area contributed by atoms with E-state index in [0.29, 0.717) is 18.4 Å². The number of benzene rings is 1. The predicted molar refractivity (Wildman–Crippen MR) is 113 cm³/mol. The maximum absolute atomic E-state index is 11.2. The highest BCUT2D eigenvalue weighted by atomic mass is 35.5. The Balaban J connectivity index is 0.000000326. The van der Waals surface area contributed by atoms with Gasteiger partial charge in [-0.2, -0.15) is 0 Å². The summed E-state index contributed by atoms with van der Waals surface area (Å²) in [5, 5.41) is -0.0127. The van der Waals surface area contributed by atoms with Gasteiger partial charge in [0.25, 0.3) is 0 Å². The van der Waals surface area contributed by atoms with Crippen molar-refractivity contribution < 1.29 is 14.3 Å². The number of hydrogen-bond donors (Lipinski definition) is 4. The first-order valence-electron chi connectivity index (χ1n) is 8.54. The quantitative estimate of drug-likeness (QED) is 0.167. The lowest BCUT2D eigenvalue weighted by molar-refractivity contribution is 0.0600. The van der Waals surface area contributed by atoms with Crippen molar-refractivity contribution in [3.05, 3.63) is 46.2 Å². The number of nitrogen functional groups attached to an aromatic ring is 2. The number of aldehydes is 1. The molecule has 0 aliphatic rings. The molecule has 1 aromatic carbocycles. The Labute approximate surface area is 173 Å². The van der Waals surface area contributed by atoms with E-state index in [2.05, 4.69) is 19.7 Å². The van der Waals surface area contributed by atoms with Crippen LogP contribution in [0.1, 0.15) is 39.3 Å². The van der Waals surface area contributed by atoms with Crippen LogP contribution in [0.5, 0.6) is 0 Å². The smallest absolute Gasteiger partial charge is 0.337 e. The van der Waals surface area contributed by atoms with E-state index in [-0.39, 0.29) is 34.4 Å². The largest absolute Gasteiger partial charge is 0.465 e. The van der Waals surface area contributed by atoms with Crippen LogP contribution in [-0.4, -0.2) is 41.8 Å². The number of aryl methyl sites for hydroxylation is 1. The number of aromatic nitrogens is 2. The van der Waals surface area contributed by atoms with Gasteiger partial charge < -0.3 is 27.7 Å². The normalized spacial score (nSPS) is 9.72. The van der Waals surface area contributed by atoms with Crippen LogP contribution in [0, 0.1) is 0 Å². The number of hydrogen-bond acceptors (Lipinski definition) is 8. The van der Waals surface area contributed by atoms with E-state index < -0.39 is 0 Å². The summed E-state index contributed by atoms with van der Waals surface area (Å²) in [5.74, 6) is -0.164. The van der Waals surface area contributed by atoms with E-state index in [0.717, 1.165) is 19.3 Å². The van der Waals surface area contributed by atoms with Gasteiger partial charge in [-0.25, -0.2) is 14.8 Å². The summed E-state index contributed by atoms with van der Waals surface area (Å²) in [4.78, 5) is 32.5. The molecule has 2 aromatic rings. The number of halogens is 1. The molecule has 0 atom stereocenters. The number of carbonyl (C=O) groups is 2. The van der Waals surface area contributed by atoms with E-state index in [4.69, 9.17) is 34.5 Å². The van der Waals surface area contributed by atoms with Crippen molar-refractivity contribution in [2.75, 3.05) is 25.1 Å². The van der Waals surface area contributed by atoms with Gasteiger partial charge in [0.1, 0.15) is 5.69 Å². The number of esters is 1. The van der Waals surface area contributed by atoms with E-state index >= 15 is 0 Å². The summed E-state index contributed by atoms with van der Waals surface area (Å²) >= 11 is 5.45. The molecular formula is C18H24ClN7O3. The maximum atomic E-state index is 11.2. The fourth-order valence-electron chi connectivity index (χ4n) is 2.11. The highest BCUT2D eigenvalue weighted by molar-refractivity contribution is 6.31. The van der Waals surface area contributed by atoms with Crippen molar-refractivity contribution in [1.82, 2.24) is 9.97 Å². The minimum atomic E-state index is -0.311. The van der Waals surface area contributed by atoms with Gasteiger partial charge in [-0.1, -0.05) is 23.7 Å². The van der Waals surface area contributed by atoms with Gasteiger partial charge in [0.2, 0.25) is 0 Å². The van der Waals surface area contributed by atoms with Crippen LogP contribution in [0.15, 0.2) is 29.3 Å². The number of nitrogens with two attached hydrogens (primary N) is 4. The molecule has 156 valence electrons. The summed E-state index contributed by atoms with van der Waals surface area (Å²) in [6.45, 7) is 0.655. The van der Waals surface area contributed by atoms with E-state index in [9.17, 15) is 9.59 Å². The second kappa shape index (κ2) is 12.1. The summed E-state index contributed by atoms with van der Waals surface area (Å²) in [6, 6.07) is 7.42. The Bertz CT molecular complexity index is 853. The first-order valence-corrected chi connectivity index (χ1v) is 8.92. The van der Waals surface area contributed by atoms with Crippen molar-refractivity contribution in [2.24, 2.45) is 16.5 Å². The molecule has 29 heavy (non-hydrogen) atoms. The zero-order valence-corrected chi connectivity index (χ0v) is 16.7. The molecule has 10 nitrogen and oxygen atoms in total. The van der Waals surface area contributed by atoms with Gasteiger partial charge in [0.15, 0.2) is 29.0 Å².